The lowest BCUT2D eigenvalue weighted by Gasteiger charge is -2.37. The summed E-state index contributed by atoms with van der Waals surface area (Å²) in [7, 11) is 1.75. The lowest BCUT2D eigenvalue weighted by molar-refractivity contribution is -0.161. The fraction of sp³-hybridized carbons (Fsp3) is 0.476. The maximum Gasteiger partial charge on any atom is 0.312 e. The molecule has 3 heteroatoms. The quantitative estimate of drug-likeness (QED) is 0.735. The lowest BCUT2D eigenvalue weighted by Crippen LogP contribution is -2.38. The third-order valence-corrected chi connectivity index (χ3v) is 5.57. The summed E-state index contributed by atoms with van der Waals surface area (Å²) in [6.45, 7) is 2.43. The van der Waals surface area contributed by atoms with Crippen molar-refractivity contribution in [2.75, 3.05) is 7.11 Å². The van der Waals surface area contributed by atoms with Crippen molar-refractivity contribution in [3.05, 3.63) is 48.0 Å². The molecule has 0 N–H and O–H groups in total. The zero-order valence-electron chi connectivity index (χ0n) is 14.6. The molecule has 0 spiro atoms. The molecule has 1 aliphatic rings. The van der Waals surface area contributed by atoms with Crippen molar-refractivity contribution >= 4 is 16.7 Å². The molecule has 0 saturated heterocycles. The molecule has 0 amide bonds. The van der Waals surface area contributed by atoms with Crippen molar-refractivity contribution < 1.29 is 14.3 Å². The van der Waals surface area contributed by atoms with Crippen LogP contribution < -0.4 is 0 Å². The van der Waals surface area contributed by atoms with Gasteiger partial charge in [-0.1, -0.05) is 49.4 Å². The smallest absolute Gasteiger partial charge is 0.312 e. The SMILES string of the molecule is CC[C@]1(C(=O)OCc2cccc3ccccc23)CC[C@@H](OC)CC1. The first-order chi connectivity index (χ1) is 11.7. The summed E-state index contributed by atoms with van der Waals surface area (Å²) in [6.07, 6.45) is 4.71. The first-order valence-corrected chi connectivity index (χ1v) is 8.85. The molecule has 1 aliphatic carbocycles. The van der Waals surface area contributed by atoms with Crippen LogP contribution in [0.15, 0.2) is 42.5 Å². The Kier molecular flexibility index (Phi) is 5.20. The predicted octanol–water partition coefficient (Wildman–Crippen LogP) is 4.87. The molecule has 24 heavy (non-hydrogen) atoms. The van der Waals surface area contributed by atoms with Gasteiger partial charge in [-0.05, 0) is 48.4 Å². The molecule has 0 aliphatic heterocycles. The van der Waals surface area contributed by atoms with Gasteiger partial charge in [-0.3, -0.25) is 4.79 Å². The van der Waals surface area contributed by atoms with Crippen LogP contribution in [0.1, 0.15) is 44.6 Å². The average Bonchev–Trinajstić information content (AvgIpc) is 2.66. The predicted molar refractivity (Wildman–Crippen MR) is 95.7 cm³/mol. The second kappa shape index (κ2) is 7.35. The molecule has 0 atom stereocenters. The van der Waals surface area contributed by atoms with E-state index in [2.05, 4.69) is 25.1 Å². The van der Waals surface area contributed by atoms with Crippen LogP contribution in [0.25, 0.3) is 10.8 Å². The number of esters is 1. The first kappa shape index (κ1) is 17.0. The molecule has 0 aromatic heterocycles. The Morgan fingerprint density at radius 2 is 1.83 bits per heavy atom. The highest BCUT2D eigenvalue weighted by molar-refractivity contribution is 5.86. The monoisotopic (exact) mass is 326 g/mol. The van der Waals surface area contributed by atoms with Crippen molar-refractivity contribution in [1.29, 1.82) is 0 Å². The summed E-state index contributed by atoms with van der Waals surface area (Å²) in [4.78, 5) is 12.8. The molecule has 0 heterocycles. The third kappa shape index (κ3) is 3.32. The molecule has 3 rings (SSSR count). The van der Waals surface area contributed by atoms with Gasteiger partial charge in [0.15, 0.2) is 0 Å². The topological polar surface area (TPSA) is 35.5 Å². The molecular weight excluding hydrogens is 300 g/mol. The zero-order chi connectivity index (χ0) is 17.0. The summed E-state index contributed by atoms with van der Waals surface area (Å²) in [5.41, 5.74) is 0.734. The molecule has 1 fully saturated rings. The summed E-state index contributed by atoms with van der Waals surface area (Å²) in [6, 6.07) is 14.4. The summed E-state index contributed by atoms with van der Waals surface area (Å²) < 4.78 is 11.2. The van der Waals surface area contributed by atoms with E-state index in [4.69, 9.17) is 9.47 Å². The van der Waals surface area contributed by atoms with E-state index in [0.717, 1.165) is 43.1 Å². The Balaban J connectivity index is 1.70. The van der Waals surface area contributed by atoms with E-state index >= 15 is 0 Å². The van der Waals surface area contributed by atoms with E-state index in [1.807, 2.05) is 24.3 Å². The number of carbonyl (C=O) groups is 1. The highest BCUT2D eigenvalue weighted by Crippen LogP contribution is 2.41. The minimum absolute atomic E-state index is 0.0486. The molecule has 3 nitrogen and oxygen atoms in total. The van der Waals surface area contributed by atoms with Crippen molar-refractivity contribution in [2.24, 2.45) is 5.41 Å². The highest BCUT2D eigenvalue weighted by Gasteiger charge is 2.41. The number of hydrogen-bond donors (Lipinski definition) is 0. The molecular formula is C21H26O3. The molecule has 128 valence electrons. The second-order valence-corrected chi connectivity index (χ2v) is 6.78. The number of ether oxygens (including phenoxy) is 2. The summed E-state index contributed by atoms with van der Waals surface area (Å²) in [5.74, 6) is -0.0486. The number of rotatable bonds is 5. The number of methoxy groups -OCH3 is 1. The van der Waals surface area contributed by atoms with Gasteiger partial charge in [-0.2, -0.15) is 0 Å². The molecule has 0 bridgehead atoms. The molecule has 2 aromatic carbocycles. The van der Waals surface area contributed by atoms with Crippen LogP contribution in [0.4, 0.5) is 0 Å². The normalized spacial score (nSPS) is 24.0. The molecule has 2 aromatic rings. The molecule has 0 radical (unpaired) electrons. The minimum atomic E-state index is -0.334. The van der Waals surface area contributed by atoms with Crippen molar-refractivity contribution in [1.82, 2.24) is 0 Å². The van der Waals surface area contributed by atoms with Crippen LogP contribution in [0.2, 0.25) is 0 Å². The van der Waals surface area contributed by atoms with Crippen LogP contribution in [-0.4, -0.2) is 19.2 Å². The van der Waals surface area contributed by atoms with Crippen molar-refractivity contribution in [3.63, 3.8) is 0 Å². The Morgan fingerprint density at radius 1 is 1.12 bits per heavy atom. The number of hydrogen-bond acceptors (Lipinski definition) is 3. The van der Waals surface area contributed by atoms with Gasteiger partial charge in [0.25, 0.3) is 0 Å². The fourth-order valence-corrected chi connectivity index (χ4v) is 3.80. The first-order valence-electron chi connectivity index (χ1n) is 8.85. The summed E-state index contributed by atoms with van der Waals surface area (Å²) >= 11 is 0. The highest BCUT2D eigenvalue weighted by atomic mass is 16.5. The zero-order valence-corrected chi connectivity index (χ0v) is 14.6. The van der Waals surface area contributed by atoms with Gasteiger partial charge in [-0.25, -0.2) is 0 Å². The molecule has 0 unspecified atom stereocenters. The largest absolute Gasteiger partial charge is 0.460 e. The Bertz CT molecular complexity index is 694. The number of fused-ring (bicyclic) bond motifs is 1. The van der Waals surface area contributed by atoms with Crippen LogP contribution >= 0.6 is 0 Å². The van der Waals surface area contributed by atoms with E-state index in [1.54, 1.807) is 7.11 Å². The Morgan fingerprint density at radius 3 is 2.54 bits per heavy atom. The van der Waals surface area contributed by atoms with Gasteiger partial charge in [0, 0.05) is 7.11 Å². The standard InChI is InChI=1S/C21H26O3/c1-3-21(13-11-18(23-2)12-14-21)20(22)24-15-17-9-6-8-16-7-4-5-10-19(16)17/h4-10,18H,3,11-15H2,1-2H3/t18-,21+. The van der Waals surface area contributed by atoms with E-state index in [-0.39, 0.29) is 17.5 Å². The number of carbonyl (C=O) groups excluding carboxylic acids is 1. The van der Waals surface area contributed by atoms with E-state index < -0.39 is 0 Å². The minimum Gasteiger partial charge on any atom is -0.460 e. The van der Waals surface area contributed by atoms with Gasteiger partial charge in [0.1, 0.15) is 6.61 Å². The maximum atomic E-state index is 12.8. The van der Waals surface area contributed by atoms with Crippen LogP contribution in [0.3, 0.4) is 0 Å². The van der Waals surface area contributed by atoms with Crippen molar-refractivity contribution in [3.8, 4) is 0 Å². The Hall–Kier alpha value is -1.87. The molecule has 1 saturated carbocycles. The third-order valence-electron chi connectivity index (χ3n) is 5.57. The number of benzene rings is 2. The van der Waals surface area contributed by atoms with E-state index in [9.17, 15) is 4.79 Å². The summed E-state index contributed by atoms with van der Waals surface area (Å²) in [5, 5.41) is 2.33. The average molecular weight is 326 g/mol. The maximum absolute atomic E-state index is 12.8. The fourth-order valence-electron chi connectivity index (χ4n) is 3.80. The van der Waals surface area contributed by atoms with E-state index in [1.165, 1.54) is 5.39 Å². The lowest BCUT2D eigenvalue weighted by atomic mass is 9.71. The van der Waals surface area contributed by atoms with Crippen molar-refractivity contribution in [2.45, 2.75) is 51.7 Å². The van der Waals surface area contributed by atoms with Crippen LogP contribution in [-0.2, 0) is 20.9 Å². The van der Waals surface area contributed by atoms with Gasteiger partial charge in [0.05, 0.1) is 11.5 Å². The van der Waals surface area contributed by atoms with Gasteiger partial charge >= 0.3 is 5.97 Å². The van der Waals surface area contributed by atoms with Crippen LogP contribution in [0, 0.1) is 5.41 Å². The van der Waals surface area contributed by atoms with Crippen LogP contribution in [0.5, 0.6) is 0 Å². The van der Waals surface area contributed by atoms with Gasteiger partial charge < -0.3 is 9.47 Å². The Labute approximate surface area is 144 Å². The second-order valence-electron chi connectivity index (χ2n) is 6.78. The van der Waals surface area contributed by atoms with E-state index in [0.29, 0.717) is 6.61 Å². The van der Waals surface area contributed by atoms with Gasteiger partial charge in [-0.15, -0.1) is 0 Å². The van der Waals surface area contributed by atoms with Gasteiger partial charge in [0.2, 0.25) is 0 Å².